The van der Waals surface area contributed by atoms with E-state index in [1.165, 1.54) is 12.1 Å². The van der Waals surface area contributed by atoms with Crippen LogP contribution in [-0.2, 0) is 4.74 Å². The smallest absolute Gasteiger partial charge is 0.335 e. The third kappa shape index (κ3) is 4.28. The van der Waals surface area contributed by atoms with Crippen molar-refractivity contribution in [2.45, 2.75) is 0 Å². The highest BCUT2D eigenvalue weighted by atomic mass is 16.5. The number of nitrogens with zero attached hydrogens (tertiary/aromatic N) is 2. The van der Waals surface area contributed by atoms with Gasteiger partial charge in [0, 0.05) is 37.3 Å². The van der Waals surface area contributed by atoms with E-state index in [2.05, 4.69) is 15.4 Å². The van der Waals surface area contributed by atoms with Crippen LogP contribution in [0.4, 0.5) is 0 Å². The molecule has 0 saturated carbocycles. The van der Waals surface area contributed by atoms with Crippen molar-refractivity contribution in [2.75, 3.05) is 39.4 Å². The zero-order chi connectivity index (χ0) is 20.2. The highest BCUT2D eigenvalue weighted by molar-refractivity contribution is 5.99. The second-order valence-electron chi connectivity index (χ2n) is 6.84. The van der Waals surface area contributed by atoms with Gasteiger partial charge in [0.15, 0.2) is 5.76 Å². The Balaban J connectivity index is 1.43. The van der Waals surface area contributed by atoms with Gasteiger partial charge in [-0.1, -0.05) is 17.3 Å². The number of aromatic nitrogens is 1. The summed E-state index contributed by atoms with van der Waals surface area (Å²) < 4.78 is 10.7. The number of carbonyl (C=O) groups excluding carboxylic acids is 1. The number of carboxylic acid groups (broad SMARTS) is 1. The largest absolute Gasteiger partial charge is 0.478 e. The molecule has 2 N–H and O–H groups in total. The molecule has 0 aliphatic carbocycles. The molecule has 4 rings (SSSR count). The van der Waals surface area contributed by atoms with Crippen LogP contribution >= 0.6 is 0 Å². The average molecular weight is 395 g/mol. The maximum atomic E-state index is 12.4. The van der Waals surface area contributed by atoms with Crippen LogP contribution in [0.1, 0.15) is 20.7 Å². The first-order valence-electron chi connectivity index (χ1n) is 9.43. The van der Waals surface area contributed by atoms with Gasteiger partial charge in [0.25, 0.3) is 5.91 Å². The molecule has 0 spiro atoms. The number of carbonyl (C=O) groups is 2. The number of fused-ring (bicyclic) bond motifs is 1. The first kappa shape index (κ1) is 19.1. The van der Waals surface area contributed by atoms with E-state index in [1.807, 2.05) is 0 Å². The number of hydrogen-bond donors (Lipinski definition) is 2. The summed E-state index contributed by atoms with van der Waals surface area (Å²) in [4.78, 5) is 25.8. The molecule has 29 heavy (non-hydrogen) atoms. The van der Waals surface area contributed by atoms with Crippen LogP contribution < -0.4 is 5.32 Å². The topological polar surface area (TPSA) is 105 Å². The lowest BCUT2D eigenvalue weighted by molar-refractivity contribution is 0.0383. The van der Waals surface area contributed by atoms with Gasteiger partial charge in [0.2, 0.25) is 0 Å². The molecular formula is C21H21N3O5. The molecule has 150 valence electrons. The van der Waals surface area contributed by atoms with E-state index in [9.17, 15) is 14.7 Å². The van der Waals surface area contributed by atoms with Gasteiger partial charge in [-0.25, -0.2) is 4.79 Å². The number of benzene rings is 2. The summed E-state index contributed by atoms with van der Waals surface area (Å²) in [5.74, 6) is -0.675. The number of ether oxygens (including phenoxy) is 1. The van der Waals surface area contributed by atoms with E-state index in [0.717, 1.165) is 38.4 Å². The number of carboxylic acids is 1. The number of aromatic carboxylic acids is 1. The lowest BCUT2D eigenvalue weighted by atomic mass is 10.0. The van der Waals surface area contributed by atoms with Crippen molar-refractivity contribution in [3.8, 4) is 11.3 Å². The molecule has 0 unspecified atom stereocenters. The Morgan fingerprint density at radius 3 is 2.52 bits per heavy atom. The van der Waals surface area contributed by atoms with E-state index in [4.69, 9.17) is 9.26 Å². The Hall–Kier alpha value is -3.23. The first-order valence-corrected chi connectivity index (χ1v) is 9.43. The minimum Gasteiger partial charge on any atom is -0.478 e. The Labute approximate surface area is 167 Å². The fourth-order valence-corrected chi connectivity index (χ4v) is 3.31. The van der Waals surface area contributed by atoms with Gasteiger partial charge in [-0.3, -0.25) is 9.69 Å². The normalized spacial score (nSPS) is 14.8. The summed E-state index contributed by atoms with van der Waals surface area (Å²) in [7, 11) is 0. The van der Waals surface area contributed by atoms with E-state index < -0.39 is 5.97 Å². The summed E-state index contributed by atoms with van der Waals surface area (Å²) in [5, 5.41) is 16.7. The molecule has 2 heterocycles. The predicted molar refractivity (Wildman–Crippen MR) is 106 cm³/mol. The Morgan fingerprint density at radius 2 is 1.79 bits per heavy atom. The lowest BCUT2D eigenvalue weighted by Gasteiger charge is -2.26. The van der Waals surface area contributed by atoms with E-state index in [1.54, 1.807) is 30.3 Å². The molecule has 0 radical (unpaired) electrons. The van der Waals surface area contributed by atoms with Gasteiger partial charge in [0.1, 0.15) is 5.52 Å². The molecule has 1 saturated heterocycles. The van der Waals surface area contributed by atoms with Gasteiger partial charge < -0.3 is 19.7 Å². The zero-order valence-electron chi connectivity index (χ0n) is 15.8. The van der Waals surface area contributed by atoms with Crippen LogP contribution in [0.5, 0.6) is 0 Å². The van der Waals surface area contributed by atoms with Crippen molar-refractivity contribution in [3.63, 3.8) is 0 Å². The van der Waals surface area contributed by atoms with Crippen molar-refractivity contribution in [2.24, 2.45) is 0 Å². The van der Waals surface area contributed by atoms with E-state index in [-0.39, 0.29) is 11.5 Å². The van der Waals surface area contributed by atoms with Gasteiger partial charge >= 0.3 is 5.97 Å². The van der Waals surface area contributed by atoms with Crippen LogP contribution in [0.15, 0.2) is 47.0 Å². The molecule has 1 aliphatic rings. The molecule has 1 aromatic heterocycles. The maximum Gasteiger partial charge on any atom is 0.335 e. The minimum absolute atomic E-state index is 0.139. The van der Waals surface area contributed by atoms with Crippen LogP contribution in [0.2, 0.25) is 0 Å². The highest BCUT2D eigenvalue weighted by Gasteiger charge is 2.15. The third-order valence-electron chi connectivity index (χ3n) is 4.95. The lowest BCUT2D eigenvalue weighted by Crippen LogP contribution is -2.41. The van der Waals surface area contributed by atoms with Crippen molar-refractivity contribution >= 4 is 22.8 Å². The summed E-state index contributed by atoms with van der Waals surface area (Å²) >= 11 is 0. The second kappa shape index (κ2) is 8.42. The molecule has 0 bridgehead atoms. The summed E-state index contributed by atoms with van der Waals surface area (Å²) in [6.07, 6.45) is 0. The number of amides is 1. The predicted octanol–water partition coefficient (Wildman–Crippen LogP) is 2.25. The Bertz CT molecular complexity index is 1020. The van der Waals surface area contributed by atoms with Gasteiger partial charge in [-0.05, 0) is 30.3 Å². The van der Waals surface area contributed by atoms with Crippen molar-refractivity contribution in [3.05, 3.63) is 53.6 Å². The van der Waals surface area contributed by atoms with Crippen LogP contribution in [-0.4, -0.2) is 66.4 Å². The molecule has 3 aromatic rings. The van der Waals surface area contributed by atoms with E-state index >= 15 is 0 Å². The quantitative estimate of drug-likeness (QED) is 0.659. The van der Waals surface area contributed by atoms with Crippen molar-refractivity contribution in [1.29, 1.82) is 0 Å². The fourth-order valence-electron chi connectivity index (χ4n) is 3.31. The summed E-state index contributed by atoms with van der Waals surface area (Å²) in [5.41, 5.74) is 2.01. The molecular weight excluding hydrogens is 374 g/mol. The fraction of sp³-hybridized carbons (Fsp3) is 0.286. The molecule has 8 nitrogen and oxygen atoms in total. The van der Waals surface area contributed by atoms with Gasteiger partial charge in [0.05, 0.1) is 24.2 Å². The number of nitrogens with one attached hydrogen (secondary N) is 1. The molecule has 1 fully saturated rings. The number of hydrogen-bond acceptors (Lipinski definition) is 6. The third-order valence-corrected chi connectivity index (χ3v) is 4.95. The summed E-state index contributed by atoms with van der Waals surface area (Å²) in [6, 6.07) is 11.6. The minimum atomic E-state index is -1.01. The van der Waals surface area contributed by atoms with Crippen LogP contribution in [0.3, 0.4) is 0 Å². The Morgan fingerprint density at radius 1 is 1.07 bits per heavy atom. The van der Waals surface area contributed by atoms with Gasteiger partial charge in [-0.2, -0.15) is 0 Å². The van der Waals surface area contributed by atoms with Crippen LogP contribution in [0, 0.1) is 0 Å². The average Bonchev–Trinajstić information content (AvgIpc) is 3.18. The molecule has 2 aromatic carbocycles. The molecule has 0 atom stereocenters. The SMILES string of the molecule is O=C(O)c1ccc2noc(-c3ccc(C(=O)NCCN4CCOCC4)cc3)c2c1. The first-order chi connectivity index (χ1) is 14.1. The molecule has 1 aliphatic heterocycles. The number of rotatable bonds is 6. The zero-order valence-corrected chi connectivity index (χ0v) is 15.8. The monoisotopic (exact) mass is 395 g/mol. The highest BCUT2D eigenvalue weighted by Crippen LogP contribution is 2.29. The van der Waals surface area contributed by atoms with Crippen LogP contribution in [0.25, 0.3) is 22.2 Å². The second-order valence-corrected chi connectivity index (χ2v) is 6.84. The Kier molecular flexibility index (Phi) is 5.55. The maximum absolute atomic E-state index is 12.4. The van der Waals surface area contributed by atoms with Crippen molar-refractivity contribution in [1.82, 2.24) is 15.4 Å². The van der Waals surface area contributed by atoms with E-state index in [0.29, 0.717) is 28.8 Å². The van der Waals surface area contributed by atoms with Gasteiger partial charge in [-0.15, -0.1) is 0 Å². The number of morpholine rings is 1. The molecule has 8 heteroatoms. The molecule has 1 amide bonds. The van der Waals surface area contributed by atoms with Crippen molar-refractivity contribution < 1.29 is 24.0 Å². The standard InChI is InChI=1S/C21H21N3O5/c25-20(22-7-8-24-9-11-28-12-10-24)15-3-1-14(2-4-15)19-17-13-16(21(26)27)5-6-18(17)23-29-19/h1-6,13H,7-12H2,(H,22,25)(H,26,27). The summed E-state index contributed by atoms with van der Waals surface area (Å²) in [6.45, 7) is 4.62.